The summed E-state index contributed by atoms with van der Waals surface area (Å²) >= 11 is 9.30. The first-order chi connectivity index (χ1) is 14.4. The molecule has 1 heterocycles. The Kier molecular flexibility index (Phi) is 8.07. The highest BCUT2D eigenvalue weighted by Gasteiger charge is 2.35. The predicted octanol–water partition coefficient (Wildman–Crippen LogP) is 6.37. The number of benzene rings is 2. The highest BCUT2D eigenvalue weighted by atomic mass is 127. The summed E-state index contributed by atoms with van der Waals surface area (Å²) in [5.74, 6) is 0.992. The summed E-state index contributed by atoms with van der Waals surface area (Å²) in [5, 5.41) is 0.216. The Morgan fingerprint density at radius 1 is 1.17 bits per heavy atom. The number of hydrogen-bond donors (Lipinski definition) is 0. The molecule has 1 aliphatic heterocycles. The van der Waals surface area contributed by atoms with Crippen molar-refractivity contribution in [2.45, 2.75) is 26.8 Å². The quantitative estimate of drug-likeness (QED) is 0.279. The zero-order valence-electron chi connectivity index (χ0n) is 16.6. The number of carbonyl (C=O) groups is 2. The van der Waals surface area contributed by atoms with E-state index in [4.69, 9.17) is 21.1 Å². The van der Waals surface area contributed by atoms with Crippen molar-refractivity contribution in [3.63, 3.8) is 0 Å². The molecule has 5 nitrogen and oxygen atoms in total. The molecule has 3 rings (SSSR count). The van der Waals surface area contributed by atoms with Gasteiger partial charge < -0.3 is 9.47 Å². The maximum Gasteiger partial charge on any atom is 0.293 e. The van der Waals surface area contributed by atoms with E-state index in [0.717, 1.165) is 32.9 Å². The van der Waals surface area contributed by atoms with Gasteiger partial charge in [0.1, 0.15) is 0 Å². The fraction of sp³-hybridized carbons (Fsp3) is 0.273. The van der Waals surface area contributed by atoms with Gasteiger partial charge in [-0.3, -0.25) is 14.5 Å². The Hall–Kier alpha value is -1.71. The lowest BCUT2D eigenvalue weighted by Gasteiger charge is -2.14. The number of nitrogens with zero attached hydrogens (tertiary/aromatic N) is 1. The van der Waals surface area contributed by atoms with Crippen LogP contribution in [0.1, 0.15) is 31.4 Å². The van der Waals surface area contributed by atoms with Gasteiger partial charge in [-0.2, -0.15) is 0 Å². The van der Waals surface area contributed by atoms with Gasteiger partial charge in [0.25, 0.3) is 11.1 Å². The summed E-state index contributed by atoms with van der Waals surface area (Å²) in [6.45, 7) is 5.18. The molecule has 1 aliphatic rings. The Balaban J connectivity index is 1.87. The van der Waals surface area contributed by atoms with Crippen LogP contribution in [0.15, 0.2) is 41.3 Å². The van der Waals surface area contributed by atoms with E-state index < -0.39 is 0 Å². The maximum atomic E-state index is 12.9. The van der Waals surface area contributed by atoms with E-state index in [0.29, 0.717) is 34.6 Å². The molecule has 158 valence electrons. The fourth-order valence-electron chi connectivity index (χ4n) is 2.86. The van der Waals surface area contributed by atoms with Gasteiger partial charge in [-0.05, 0) is 83.1 Å². The minimum absolute atomic E-state index is 0.146. The average molecular weight is 558 g/mol. The molecule has 1 fully saturated rings. The number of halogens is 2. The molecule has 2 amide bonds. The first kappa shape index (κ1) is 23.0. The van der Waals surface area contributed by atoms with Crippen molar-refractivity contribution in [1.29, 1.82) is 0 Å². The van der Waals surface area contributed by atoms with Gasteiger partial charge in [-0.15, -0.1) is 0 Å². The van der Waals surface area contributed by atoms with E-state index in [2.05, 4.69) is 22.6 Å². The van der Waals surface area contributed by atoms with Crippen molar-refractivity contribution < 1.29 is 19.1 Å². The van der Waals surface area contributed by atoms with Crippen molar-refractivity contribution >= 4 is 63.2 Å². The molecule has 2 aromatic rings. The molecular formula is C22H21ClINO4S. The number of thioether (sulfide) groups is 1. The van der Waals surface area contributed by atoms with Gasteiger partial charge in [0.15, 0.2) is 11.5 Å². The molecule has 30 heavy (non-hydrogen) atoms. The minimum Gasteiger partial charge on any atom is -0.490 e. The Morgan fingerprint density at radius 2 is 1.93 bits per heavy atom. The molecule has 8 heteroatoms. The predicted molar refractivity (Wildman–Crippen MR) is 129 cm³/mol. The molecule has 0 atom stereocenters. The molecule has 1 saturated heterocycles. The third kappa shape index (κ3) is 5.31. The van der Waals surface area contributed by atoms with Crippen LogP contribution in [0.25, 0.3) is 6.08 Å². The van der Waals surface area contributed by atoms with Gasteiger partial charge in [0.2, 0.25) is 0 Å². The standard InChI is InChI=1S/C22H21ClINO4S/c1-3-9-29-20-17(24)10-14(11-18(20)28-4-2)12-19-21(26)25(22(27)30-19)13-15-7-5-6-8-16(15)23/h5-8,10-12H,3-4,9,13H2,1-2H3/b19-12-. The van der Waals surface area contributed by atoms with E-state index in [1.54, 1.807) is 18.2 Å². The second kappa shape index (κ2) is 10.5. The third-order valence-electron chi connectivity index (χ3n) is 4.24. The number of ether oxygens (including phenoxy) is 2. The van der Waals surface area contributed by atoms with Crippen molar-refractivity contribution in [3.8, 4) is 11.5 Å². The summed E-state index contributed by atoms with van der Waals surface area (Å²) in [4.78, 5) is 26.9. The lowest BCUT2D eigenvalue weighted by Crippen LogP contribution is -2.27. The van der Waals surface area contributed by atoms with Crippen LogP contribution in [0.4, 0.5) is 4.79 Å². The zero-order chi connectivity index (χ0) is 21.7. The van der Waals surface area contributed by atoms with E-state index >= 15 is 0 Å². The smallest absolute Gasteiger partial charge is 0.293 e. The normalized spacial score (nSPS) is 15.2. The number of imide groups is 1. The molecule has 0 spiro atoms. The highest BCUT2D eigenvalue weighted by molar-refractivity contribution is 14.1. The fourth-order valence-corrected chi connectivity index (χ4v) is 4.68. The summed E-state index contributed by atoms with van der Waals surface area (Å²) < 4.78 is 12.4. The van der Waals surface area contributed by atoms with Crippen LogP contribution in [0.3, 0.4) is 0 Å². The van der Waals surface area contributed by atoms with Crippen LogP contribution in [0.5, 0.6) is 11.5 Å². The second-order valence-electron chi connectivity index (χ2n) is 6.47. The number of amides is 2. The molecule has 0 unspecified atom stereocenters. The van der Waals surface area contributed by atoms with E-state index in [1.807, 2.05) is 38.1 Å². The van der Waals surface area contributed by atoms with Crippen LogP contribution in [0, 0.1) is 3.57 Å². The summed E-state index contributed by atoms with van der Waals surface area (Å²) in [7, 11) is 0. The van der Waals surface area contributed by atoms with E-state index in [9.17, 15) is 9.59 Å². The summed E-state index contributed by atoms with van der Waals surface area (Å²) in [6, 6.07) is 10.9. The van der Waals surface area contributed by atoms with E-state index in [1.165, 1.54) is 4.90 Å². The van der Waals surface area contributed by atoms with Gasteiger partial charge in [-0.25, -0.2) is 0 Å². The van der Waals surface area contributed by atoms with Crippen molar-refractivity contribution in [1.82, 2.24) is 4.90 Å². The van der Waals surface area contributed by atoms with Crippen molar-refractivity contribution in [2.75, 3.05) is 13.2 Å². The Labute approximate surface area is 198 Å². The first-order valence-electron chi connectivity index (χ1n) is 9.52. The van der Waals surface area contributed by atoms with Crippen molar-refractivity contribution in [3.05, 3.63) is 61.0 Å². The average Bonchev–Trinajstić information content (AvgIpc) is 2.96. The van der Waals surface area contributed by atoms with Crippen LogP contribution in [-0.4, -0.2) is 29.3 Å². The maximum absolute atomic E-state index is 12.9. The van der Waals surface area contributed by atoms with Gasteiger partial charge in [0, 0.05) is 5.02 Å². The largest absolute Gasteiger partial charge is 0.490 e. The van der Waals surface area contributed by atoms with E-state index in [-0.39, 0.29) is 17.7 Å². The monoisotopic (exact) mass is 557 g/mol. The Morgan fingerprint density at radius 3 is 2.63 bits per heavy atom. The van der Waals surface area contributed by atoms with Crippen molar-refractivity contribution in [2.24, 2.45) is 0 Å². The second-order valence-corrected chi connectivity index (χ2v) is 9.03. The van der Waals surface area contributed by atoms with Crippen LogP contribution in [0.2, 0.25) is 5.02 Å². The molecule has 0 saturated carbocycles. The molecular weight excluding hydrogens is 537 g/mol. The minimum atomic E-state index is -0.329. The van der Waals surface area contributed by atoms with Crippen LogP contribution >= 0.6 is 46.0 Å². The number of rotatable bonds is 8. The number of hydrogen-bond acceptors (Lipinski definition) is 5. The first-order valence-corrected chi connectivity index (χ1v) is 11.8. The summed E-state index contributed by atoms with van der Waals surface area (Å²) in [5.41, 5.74) is 1.50. The summed E-state index contributed by atoms with van der Waals surface area (Å²) in [6.07, 6.45) is 2.60. The van der Waals surface area contributed by atoms with Gasteiger partial charge >= 0.3 is 0 Å². The molecule has 0 bridgehead atoms. The molecule has 0 radical (unpaired) electrons. The molecule has 0 N–H and O–H groups in total. The van der Waals surface area contributed by atoms with Crippen LogP contribution in [-0.2, 0) is 11.3 Å². The molecule has 0 aromatic heterocycles. The number of carbonyl (C=O) groups excluding carboxylic acids is 2. The highest BCUT2D eigenvalue weighted by Crippen LogP contribution is 2.38. The topological polar surface area (TPSA) is 55.8 Å². The molecule has 2 aromatic carbocycles. The Bertz CT molecular complexity index is 995. The third-order valence-corrected chi connectivity index (χ3v) is 6.32. The molecule has 0 aliphatic carbocycles. The van der Waals surface area contributed by atoms with Gasteiger partial charge in [-0.1, -0.05) is 36.7 Å². The van der Waals surface area contributed by atoms with Crippen LogP contribution < -0.4 is 9.47 Å². The SMILES string of the molecule is CCCOc1c(I)cc(/C=C2\SC(=O)N(Cc3ccccc3Cl)C2=O)cc1OCC. The lowest BCUT2D eigenvalue weighted by molar-refractivity contribution is -0.123. The lowest BCUT2D eigenvalue weighted by atomic mass is 10.1. The zero-order valence-corrected chi connectivity index (χ0v) is 20.3. The van der Waals surface area contributed by atoms with Gasteiger partial charge in [0.05, 0.1) is 28.2 Å².